The molecule has 32 heavy (non-hydrogen) atoms. The number of nitrogens with two attached hydrogens (primary N) is 1. The summed E-state index contributed by atoms with van der Waals surface area (Å²) in [7, 11) is -4.67. The molecule has 12 heteroatoms. The molecule has 1 heterocycles. The average Bonchev–Trinajstić information content (AvgIpc) is 2.67. The van der Waals surface area contributed by atoms with Crippen LogP contribution in [0.3, 0.4) is 0 Å². The number of nitrogen functional groups attached to an aromatic ring is 1. The van der Waals surface area contributed by atoms with Crippen molar-refractivity contribution < 1.29 is 28.5 Å². The Morgan fingerprint density at radius 2 is 1.75 bits per heavy atom. The number of anilines is 1. The lowest BCUT2D eigenvalue weighted by Crippen LogP contribution is -2.50. The van der Waals surface area contributed by atoms with Gasteiger partial charge in [-0.2, -0.15) is 0 Å². The average molecular weight is 465 g/mol. The summed E-state index contributed by atoms with van der Waals surface area (Å²) in [6.45, 7) is 5.97. The normalized spacial score (nSPS) is 13.3. The molecule has 0 fully saturated rings. The van der Waals surface area contributed by atoms with E-state index >= 15 is 0 Å². The van der Waals surface area contributed by atoms with Crippen LogP contribution in [-0.4, -0.2) is 43.7 Å². The summed E-state index contributed by atoms with van der Waals surface area (Å²) in [5.74, 6) is -0.434. The molecule has 0 saturated heterocycles. The SMILES string of the molecule is CC(C)CC(C)NC(=O)C(Cc1ccc(OP(=O)(O)O)cc1)NC(=O)c1cnc(N)cn1. The van der Waals surface area contributed by atoms with Gasteiger partial charge in [0.15, 0.2) is 0 Å². The van der Waals surface area contributed by atoms with Crippen molar-refractivity contribution in [2.75, 3.05) is 5.73 Å². The number of phosphoric ester groups is 1. The molecule has 0 aliphatic rings. The Morgan fingerprint density at radius 1 is 1.09 bits per heavy atom. The predicted octanol–water partition coefficient (Wildman–Crippen LogP) is 1.42. The molecular weight excluding hydrogens is 437 g/mol. The smallest absolute Gasteiger partial charge is 0.404 e. The number of hydrogen-bond acceptors (Lipinski definition) is 7. The van der Waals surface area contributed by atoms with Crippen molar-refractivity contribution in [1.29, 1.82) is 0 Å². The first-order valence-electron chi connectivity index (χ1n) is 9.95. The van der Waals surface area contributed by atoms with Crippen molar-refractivity contribution in [3.8, 4) is 5.75 Å². The largest absolute Gasteiger partial charge is 0.524 e. The number of carbonyl (C=O) groups excluding carboxylic acids is 2. The highest BCUT2D eigenvalue weighted by molar-refractivity contribution is 7.46. The number of nitrogens with zero attached hydrogens (tertiary/aromatic N) is 2. The maximum absolute atomic E-state index is 12.9. The first-order valence-corrected chi connectivity index (χ1v) is 11.5. The number of amides is 2. The van der Waals surface area contributed by atoms with Gasteiger partial charge >= 0.3 is 7.82 Å². The van der Waals surface area contributed by atoms with Crippen molar-refractivity contribution in [3.63, 3.8) is 0 Å². The monoisotopic (exact) mass is 465 g/mol. The fraction of sp³-hybridized carbons (Fsp3) is 0.400. The van der Waals surface area contributed by atoms with E-state index in [0.29, 0.717) is 11.5 Å². The zero-order chi connectivity index (χ0) is 23.9. The van der Waals surface area contributed by atoms with Crippen molar-refractivity contribution in [2.24, 2.45) is 5.92 Å². The lowest BCUT2D eigenvalue weighted by Gasteiger charge is -2.22. The lowest BCUT2D eigenvalue weighted by atomic mass is 10.0. The first-order chi connectivity index (χ1) is 14.9. The maximum atomic E-state index is 12.9. The highest BCUT2D eigenvalue weighted by atomic mass is 31.2. The third-order valence-corrected chi connectivity index (χ3v) is 4.78. The number of phosphoric acid groups is 1. The molecule has 2 rings (SSSR count). The van der Waals surface area contributed by atoms with E-state index in [0.717, 1.165) is 6.42 Å². The topological polar surface area (TPSA) is 177 Å². The van der Waals surface area contributed by atoms with E-state index in [1.807, 2.05) is 20.8 Å². The third kappa shape index (κ3) is 8.62. The Labute approximate surface area is 186 Å². The fourth-order valence-electron chi connectivity index (χ4n) is 3.07. The van der Waals surface area contributed by atoms with Crippen LogP contribution in [0.5, 0.6) is 5.75 Å². The lowest BCUT2D eigenvalue weighted by molar-refractivity contribution is -0.123. The van der Waals surface area contributed by atoms with Gasteiger partial charge < -0.3 is 20.9 Å². The molecule has 1 aromatic carbocycles. The molecule has 1 aromatic heterocycles. The maximum Gasteiger partial charge on any atom is 0.524 e. The quantitative estimate of drug-likeness (QED) is 0.325. The van der Waals surface area contributed by atoms with Crippen LogP contribution in [0, 0.1) is 5.92 Å². The van der Waals surface area contributed by atoms with Crippen molar-refractivity contribution in [3.05, 3.63) is 47.9 Å². The van der Waals surface area contributed by atoms with Gasteiger partial charge in [0.25, 0.3) is 5.91 Å². The van der Waals surface area contributed by atoms with Crippen LogP contribution in [-0.2, 0) is 15.8 Å². The molecule has 11 nitrogen and oxygen atoms in total. The molecule has 2 amide bonds. The van der Waals surface area contributed by atoms with E-state index < -0.39 is 19.8 Å². The summed E-state index contributed by atoms with van der Waals surface area (Å²) in [4.78, 5) is 51.1. The summed E-state index contributed by atoms with van der Waals surface area (Å²) >= 11 is 0. The Bertz CT molecular complexity index is 961. The van der Waals surface area contributed by atoms with Crippen LogP contribution >= 0.6 is 7.82 Å². The zero-order valence-electron chi connectivity index (χ0n) is 18.1. The molecule has 2 atom stereocenters. The van der Waals surface area contributed by atoms with Gasteiger partial charge in [-0.1, -0.05) is 26.0 Å². The molecule has 0 spiro atoms. The van der Waals surface area contributed by atoms with Crippen molar-refractivity contribution >= 4 is 25.5 Å². The summed E-state index contributed by atoms with van der Waals surface area (Å²) in [6, 6.07) is 4.83. The minimum absolute atomic E-state index is 0.0117. The van der Waals surface area contributed by atoms with E-state index in [2.05, 4.69) is 25.1 Å². The summed E-state index contributed by atoms with van der Waals surface area (Å²) in [5, 5.41) is 5.57. The molecule has 0 aliphatic heterocycles. The van der Waals surface area contributed by atoms with Crippen LogP contribution in [0.15, 0.2) is 36.7 Å². The summed E-state index contributed by atoms with van der Waals surface area (Å²) in [6.07, 6.45) is 3.36. The number of rotatable bonds is 10. The minimum atomic E-state index is -4.67. The molecule has 2 unspecified atom stereocenters. The molecule has 6 N–H and O–H groups in total. The van der Waals surface area contributed by atoms with Gasteiger partial charge in [0.1, 0.15) is 23.3 Å². The van der Waals surface area contributed by atoms with Gasteiger partial charge in [0.05, 0.1) is 12.4 Å². The summed E-state index contributed by atoms with van der Waals surface area (Å²) in [5.41, 5.74) is 6.15. The number of hydrogen-bond donors (Lipinski definition) is 5. The minimum Gasteiger partial charge on any atom is -0.404 e. The van der Waals surface area contributed by atoms with Crippen LogP contribution in [0.2, 0.25) is 0 Å². The van der Waals surface area contributed by atoms with E-state index in [1.54, 1.807) is 12.1 Å². The Hall–Kier alpha value is -3.01. The van der Waals surface area contributed by atoms with Gasteiger partial charge in [0, 0.05) is 12.5 Å². The second kappa shape index (κ2) is 11.0. The Kier molecular flexibility index (Phi) is 8.71. The fourth-order valence-corrected chi connectivity index (χ4v) is 3.46. The van der Waals surface area contributed by atoms with Gasteiger partial charge in [-0.15, -0.1) is 0 Å². The van der Waals surface area contributed by atoms with Gasteiger partial charge in [-0.25, -0.2) is 14.5 Å². The number of benzene rings is 1. The Balaban J connectivity index is 2.17. The first kappa shape index (κ1) is 25.3. The third-order valence-electron chi connectivity index (χ3n) is 4.33. The van der Waals surface area contributed by atoms with E-state index in [4.69, 9.17) is 15.5 Å². The van der Waals surface area contributed by atoms with Gasteiger partial charge in [-0.3, -0.25) is 19.4 Å². The van der Waals surface area contributed by atoms with E-state index in [9.17, 15) is 14.2 Å². The predicted molar refractivity (Wildman–Crippen MR) is 118 cm³/mol. The second-order valence-electron chi connectivity index (χ2n) is 7.82. The molecule has 174 valence electrons. The van der Waals surface area contributed by atoms with Gasteiger partial charge in [-0.05, 0) is 37.0 Å². The van der Waals surface area contributed by atoms with Crippen LogP contribution in [0.25, 0.3) is 0 Å². The number of nitrogens with one attached hydrogen (secondary N) is 2. The zero-order valence-corrected chi connectivity index (χ0v) is 19.0. The Morgan fingerprint density at radius 3 is 2.28 bits per heavy atom. The van der Waals surface area contributed by atoms with Crippen molar-refractivity contribution in [2.45, 2.75) is 45.7 Å². The number of carbonyl (C=O) groups is 2. The van der Waals surface area contributed by atoms with Gasteiger partial charge in [0.2, 0.25) is 5.91 Å². The molecule has 0 aliphatic carbocycles. The van der Waals surface area contributed by atoms with Crippen LogP contribution in [0.1, 0.15) is 43.2 Å². The van der Waals surface area contributed by atoms with E-state index in [1.165, 1.54) is 24.5 Å². The standard InChI is InChI=1S/C20H28N5O6P/c1-12(2)8-13(3)24-19(26)16(25-20(27)17-10-23-18(21)11-22-17)9-14-4-6-15(7-5-14)31-32(28,29)30/h4-7,10-13,16H,8-9H2,1-3H3,(H2,21,23)(H,24,26)(H,25,27)(H2,28,29,30). The van der Waals surface area contributed by atoms with Crippen LogP contribution in [0.4, 0.5) is 5.82 Å². The molecule has 0 radical (unpaired) electrons. The molecule has 2 aromatic rings. The highest BCUT2D eigenvalue weighted by Crippen LogP contribution is 2.37. The number of aromatic nitrogens is 2. The van der Waals surface area contributed by atoms with Crippen molar-refractivity contribution in [1.82, 2.24) is 20.6 Å². The van der Waals surface area contributed by atoms with Crippen LogP contribution < -0.4 is 20.9 Å². The molecule has 0 bridgehead atoms. The summed E-state index contributed by atoms with van der Waals surface area (Å²) < 4.78 is 15.5. The highest BCUT2D eigenvalue weighted by Gasteiger charge is 2.24. The molecular formula is C20H28N5O6P. The second-order valence-corrected chi connectivity index (χ2v) is 8.99. The van der Waals surface area contributed by atoms with E-state index in [-0.39, 0.29) is 35.6 Å². The molecule has 0 saturated carbocycles.